The van der Waals surface area contributed by atoms with E-state index in [0.717, 1.165) is 69.2 Å². The van der Waals surface area contributed by atoms with E-state index < -0.39 is 0 Å². The molecule has 0 aromatic heterocycles. The van der Waals surface area contributed by atoms with Gasteiger partial charge in [-0.15, -0.1) is 0 Å². The fourth-order valence-corrected chi connectivity index (χ4v) is 10.6. The van der Waals surface area contributed by atoms with Crippen molar-refractivity contribution < 1.29 is 18.3 Å². The van der Waals surface area contributed by atoms with Crippen LogP contribution in [0.15, 0.2) is 58.7 Å². The van der Waals surface area contributed by atoms with Crippen LogP contribution in [-0.2, 0) is 9.53 Å². The van der Waals surface area contributed by atoms with Crippen LogP contribution >= 0.6 is 24.4 Å². The van der Waals surface area contributed by atoms with Crippen molar-refractivity contribution >= 4 is 63.4 Å². The second-order valence-electron chi connectivity index (χ2n) is 15.6. The van der Waals surface area contributed by atoms with Crippen LogP contribution in [0.5, 0.6) is 0 Å². The van der Waals surface area contributed by atoms with E-state index in [0.29, 0.717) is 63.5 Å². The topological polar surface area (TPSA) is 99.1 Å². The number of nitrogens with zero attached hydrogens (tertiary/aromatic N) is 2. The highest BCUT2D eigenvalue weighted by Gasteiger charge is 2.62. The van der Waals surface area contributed by atoms with Gasteiger partial charge in [0.2, 0.25) is 0 Å². The first-order chi connectivity index (χ1) is 24.4. The maximum Gasteiger partial charge on any atom is 0.305 e. The number of rotatable bonds is 8. The summed E-state index contributed by atoms with van der Waals surface area (Å²) in [6.07, 6.45) is 9.45. The van der Waals surface area contributed by atoms with Crippen LogP contribution in [-0.4, -0.2) is 34.7 Å². The minimum absolute atomic E-state index is 0.124. The maximum absolute atomic E-state index is 13.9. The number of hydrogen-bond donors (Lipinski definition) is 4. The van der Waals surface area contributed by atoms with Crippen LogP contribution in [0, 0.1) is 58.0 Å². The van der Waals surface area contributed by atoms with Gasteiger partial charge in [-0.2, -0.15) is 10.2 Å². The zero-order valence-electron chi connectivity index (χ0n) is 29.9. The summed E-state index contributed by atoms with van der Waals surface area (Å²) in [5, 5.41) is 16.6. The molecule has 0 amide bonds. The maximum atomic E-state index is 13.9. The summed E-state index contributed by atoms with van der Waals surface area (Å²) in [4.78, 5) is 12.0. The predicted molar refractivity (Wildman–Crippen MR) is 207 cm³/mol. The lowest BCUT2D eigenvalue weighted by atomic mass is 9.44. The first-order valence-corrected chi connectivity index (χ1v) is 19.0. The van der Waals surface area contributed by atoms with Gasteiger partial charge in [0.25, 0.3) is 0 Å². The van der Waals surface area contributed by atoms with Crippen LogP contribution in [0.25, 0.3) is 0 Å². The Labute approximate surface area is 311 Å². The van der Waals surface area contributed by atoms with Gasteiger partial charge in [-0.25, -0.2) is 8.78 Å². The number of benzene rings is 2. The summed E-state index contributed by atoms with van der Waals surface area (Å²) in [6.45, 7) is 7.30. The Balaban J connectivity index is 1.22. The highest BCUT2D eigenvalue weighted by Crippen LogP contribution is 2.67. The number of hydrogen-bond acceptors (Lipinski definition) is 6. The number of esters is 1. The van der Waals surface area contributed by atoms with Crippen LogP contribution in [0.1, 0.15) is 85.0 Å². The fraction of sp³-hybridized carbons (Fsp3) is 0.564. The van der Waals surface area contributed by atoms with Crippen LogP contribution in [0.3, 0.4) is 0 Å². The molecule has 0 spiro atoms. The number of hydrazone groups is 2. The van der Waals surface area contributed by atoms with E-state index in [4.69, 9.17) is 39.4 Å². The molecule has 0 radical (unpaired) electrons. The Kier molecular flexibility index (Phi) is 11.4. The largest absolute Gasteiger partial charge is 0.469 e. The average Bonchev–Trinajstić information content (AvgIpc) is 3.46. The lowest BCUT2D eigenvalue weighted by Gasteiger charge is -2.61. The number of fused-ring (bicyclic) bond motifs is 5. The average molecular weight is 737 g/mol. The monoisotopic (exact) mass is 736 g/mol. The third-order valence-corrected chi connectivity index (χ3v) is 13.3. The van der Waals surface area contributed by atoms with Crippen molar-refractivity contribution in [3.05, 3.63) is 60.2 Å². The van der Waals surface area contributed by atoms with Crippen molar-refractivity contribution in [3.8, 4) is 0 Å². The highest BCUT2D eigenvalue weighted by atomic mass is 32.1. The Morgan fingerprint density at radius 2 is 1.53 bits per heavy atom. The number of ether oxygens (including phenoxy) is 1. The molecular weight excluding hydrogens is 687 g/mol. The molecule has 4 aliphatic carbocycles. The van der Waals surface area contributed by atoms with Gasteiger partial charge in [0.05, 0.1) is 7.11 Å². The molecule has 4 aliphatic rings. The molecule has 2 aromatic rings. The number of carbonyl (C=O) groups is 1. The van der Waals surface area contributed by atoms with Gasteiger partial charge in [0.15, 0.2) is 10.2 Å². The van der Waals surface area contributed by atoms with Crippen molar-refractivity contribution in [1.29, 1.82) is 0 Å². The van der Waals surface area contributed by atoms with Crippen LogP contribution in [0.2, 0.25) is 0 Å². The van der Waals surface area contributed by atoms with E-state index >= 15 is 0 Å². The molecule has 0 heterocycles. The Morgan fingerprint density at radius 1 is 0.902 bits per heavy atom. The minimum atomic E-state index is -0.337. The number of anilines is 2. The Morgan fingerprint density at radius 3 is 2.16 bits per heavy atom. The van der Waals surface area contributed by atoms with Gasteiger partial charge >= 0.3 is 5.97 Å². The zero-order chi connectivity index (χ0) is 36.3. The van der Waals surface area contributed by atoms with E-state index in [1.807, 2.05) is 0 Å². The van der Waals surface area contributed by atoms with Gasteiger partial charge in [-0.05, 0) is 159 Å². The van der Waals surface area contributed by atoms with Crippen molar-refractivity contribution in [3.63, 3.8) is 0 Å². The zero-order valence-corrected chi connectivity index (χ0v) is 31.6. The second-order valence-corrected chi connectivity index (χ2v) is 16.4. The quantitative estimate of drug-likeness (QED) is 0.121. The first kappa shape index (κ1) is 37.3. The lowest BCUT2D eigenvalue weighted by Crippen LogP contribution is -2.57. The molecule has 274 valence electrons. The van der Waals surface area contributed by atoms with Crippen molar-refractivity contribution in [2.75, 3.05) is 17.7 Å². The van der Waals surface area contributed by atoms with Crippen LogP contribution in [0.4, 0.5) is 20.2 Å². The minimum Gasteiger partial charge on any atom is -0.469 e. The third-order valence-electron chi connectivity index (χ3n) is 12.9. The molecule has 8 nitrogen and oxygen atoms in total. The van der Waals surface area contributed by atoms with Crippen molar-refractivity contribution in [1.82, 2.24) is 10.9 Å². The normalized spacial score (nSPS) is 31.8. The predicted octanol–water partition coefficient (Wildman–Crippen LogP) is 8.81. The number of carbonyl (C=O) groups excluding carboxylic acids is 1. The molecule has 4 saturated carbocycles. The molecule has 7 unspecified atom stereocenters. The number of thiocarbonyl (C=S) groups is 2. The van der Waals surface area contributed by atoms with E-state index in [-0.39, 0.29) is 28.4 Å². The van der Waals surface area contributed by atoms with Gasteiger partial charge in [0.1, 0.15) is 11.6 Å². The smallest absolute Gasteiger partial charge is 0.305 e. The SMILES string of the molecule is COC(=O)CC[C@@H](C)C1CCC2C3/C(=N/NC(=S)Nc4cccc(F)c4)CC4C/C(=N\NC(=S)Nc5cccc(F)c5)CCC4(C)C3CCC21C. The van der Waals surface area contributed by atoms with Gasteiger partial charge in [0, 0.05) is 35.1 Å². The van der Waals surface area contributed by atoms with Gasteiger partial charge in [-0.3, -0.25) is 15.6 Å². The van der Waals surface area contributed by atoms with E-state index in [2.05, 4.69) is 42.3 Å². The van der Waals surface area contributed by atoms with E-state index in [1.54, 1.807) is 24.3 Å². The fourth-order valence-electron chi connectivity index (χ4n) is 10.3. The summed E-state index contributed by atoms with van der Waals surface area (Å²) in [5.41, 5.74) is 9.77. The molecular formula is C39H50F2N6O2S2. The molecule has 12 heteroatoms. The van der Waals surface area contributed by atoms with Gasteiger partial charge < -0.3 is 15.4 Å². The van der Waals surface area contributed by atoms with Crippen molar-refractivity contribution in [2.45, 2.75) is 85.0 Å². The summed E-state index contributed by atoms with van der Waals surface area (Å²) >= 11 is 11.1. The second kappa shape index (κ2) is 15.6. The first-order valence-electron chi connectivity index (χ1n) is 18.2. The summed E-state index contributed by atoms with van der Waals surface area (Å²) in [7, 11) is 1.46. The molecule has 51 heavy (non-hydrogen) atoms. The molecule has 6 rings (SSSR count). The number of halogens is 2. The molecule has 2 aromatic carbocycles. The van der Waals surface area contributed by atoms with Gasteiger partial charge in [-0.1, -0.05) is 32.9 Å². The number of methoxy groups -OCH3 is 1. The summed E-state index contributed by atoms with van der Waals surface area (Å²) in [6, 6.07) is 12.4. The third kappa shape index (κ3) is 8.11. The standard InChI is InChI=1S/C39H50F2N6O2S2/c1-23(11-14-34(48)49-4)30-12-13-31-35-32(16-18-39(30,31)3)38(2)17-15-29(44-46-36(50)42-27-9-5-7-25(40)21-27)19-24(38)20-33(35)45-47-37(51)43-28-10-6-8-26(41)22-28/h5-10,21-24,30-32,35H,11-20H2,1-4H3,(H2,42,46,50)(H2,43,47,51)/b44-29-,45-33+/t23-,24?,30?,31?,32?,35?,38?,39?/m1/s1. The summed E-state index contributed by atoms with van der Waals surface area (Å²) < 4.78 is 32.5. The van der Waals surface area contributed by atoms with Crippen LogP contribution < -0.4 is 21.5 Å². The molecule has 4 fully saturated rings. The molecule has 0 bridgehead atoms. The molecule has 0 saturated heterocycles. The lowest BCUT2D eigenvalue weighted by molar-refractivity contribution is -0.141. The highest BCUT2D eigenvalue weighted by molar-refractivity contribution is 7.80. The molecule has 8 atom stereocenters. The summed E-state index contributed by atoms with van der Waals surface area (Å²) in [5.74, 6) is 1.74. The van der Waals surface area contributed by atoms with Crippen molar-refractivity contribution in [2.24, 2.45) is 56.5 Å². The molecule has 0 aliphatic heterocycles. The van der Waals surface area contributed by atoms with E-state index in [1.165, 1.54) is 31.4 Å². The van der Waals surface area contributed by atoms with E-state index in [9.17, 15) is 13.6 Å². The Bertz CT molecular complexity index is 1700. The molecule has 4 N–H and O–H groups in total. The number of nitrogens with one attached hydrogen (secondary N) is 4. The Hall–Kier alpha value is -3.51.